The van der Waals surface area contributed by atoms with E-state index in [9.17, 15) is 21.6 Å². The Labute approximate surface area is 159 Å². The average Bonchev–Trinajstić information content (AvgIpc) is 3.14. The van der Waals surface area contributed by atoms with E-state index in [-0.39, 0.29) is 16.3 Å². The molecule has 0 bridgehead atoms. The molecular formula is C18H16F3N3O3S. The molecule has 0 aliphatic heterocycles. The topological polar surface area (TPSA) is 73.2 Å². The summed E-state index contributed by atoms with van der Waals surface area (Å²) in [6.07, 6.45) is -2.83. The summed E-state index contributed by atoms with van der Waals surface area (Å²) in [6, 6.07) is 10.7. The highest BCUT2D eigenvalue weighted by Crippen LogP contribution is 2.31. The zero-order chi connectivity index (χ0) is 20.5. The van der Waals surface area contributed by atoms with E-state index in [1.54, 1.807) is 0 Å². The second kappa shape index (κ2) is 7.64. The number of hydrogen-bond donors (Lipinski definition) is 1. The molecule has 28 heavy (non-hydrogen) atoms. The van der Waals surface area contributed by atoms with E-state index in [2.05, 4.69) is 9.82 Å². The Hall–Kier alpha value is -2.85. The standard InChI is InChI=1S/C18H16F3N3O3S/c1-22-28(25,26)13-6-4-12(5-7-13)24-16(10-15(23-24)18(20)21)11-3-8-17(27-2)14(19)9-11/h3-10,18,22H,1-2H3. The number of rotatable bonds is 6. The number of methoxy groups -OCH3 is 1. The van der Waals surface area contributed by atoms with Crippen LogP contribution in [-0.4, -0.2) is 32.4 Å². The first kappa shape index (κ1) is 19.9. The fourth-order valence-electron chi connectivity index (χ4n) is 2.62. The summed E-state index contributed by atoms with van der Waals surface area (Å²) in [5.74, 6) is -0.632. The third-order valence-electron chi connectivity index (χ3n) is 4.06. The van der Waals surface area contributed by atoms with Gasteiger partial charge in [-0.3, -0.25) is 0 Å². The number of benzene rings is 2. The van der Waals surface area contributed by atoms with Gasteiger partial charge in [0.2, 0.25) is 10.0 Å². The van der Waals surface area contributed by atoms with Gasteiger partial charge in [-0.25, -0.2) is 31.0 Å². The second-order valence-corrected chi connectivity index (χ2v) is 7.60. The van der Waals surface area contributed by atoms with Crippen molar-refractivity contribution in [1.29, 1.82) is 0 Å². The quantitative estimate of drug-likeness (QED) is 0.674. The maximum Gasteiger partial charge on any atom is 0.282 e. The SMILES string of the molecule is CNS(=O)(=O)c1ccc(-n2nc(C(F)F)cc2-c2ccc(OC)c(F)c2)cc1. The van der Waals surface area contributed by atoms with Crippen LogP contribution in [-0.2, 0) is 10.0 Å². The van der Waals surface area contributed by atoms with Crippen LogP contribution in [0.3, 0.4) is 0 Å². The molecule has 10 heteroatoms. The molecule has 0 saturated heterocycles. The van der Waals surface area contributed by atoms with Gasteiger partial charge in [-0.1, -0.05) is 0 Å². The number of ether oxygens (including phenoxy) is 1. The minimum Gasteiger partial charge on any atom is -0.494 e. The van der Waals surface area contributed by atoms with Crippen molar-refractivity contribution in [3.05, 3.63) is 60.0 Å². The van der Waals surface area contributed by atoms with Crippen molar-refractivity contribution < 1.29 is 26.3 Å². The summed E-state index contributed by atoms with van der Waals surface area (Å²) < 4.78 is 72.4. The summed E-state index contributed by atoms with van der Waals surface area (Å²) in [7, 11) is -1.05. The summed E-state index contributed by atoms with van der Waals surface area (Å²) in [5.41, 5.74) is 0.386. The number of halogens is 3. The monoisotopic (exact) mass is 411 g/mol. The molecule has 0 aliphatic rings. The number of hydrogen-bond acceptors (Lipinski definition) is 4. The Morgan fingerprint density at radius 1 is 1.11 bits per heavy atom. The van der Waals surface area contributed by atoms with Gasteiger partial charge in [0.25, 0.3) is 6.43 Å². The van der Waals surface area contributed by atoms with E-state index >= 15 is 0 Å². The highest BCUT2D eigenvalue weighted by molar-refractivity contribution is 7.89. The number of aromatic nitrogens is 2. The largest absolute Gasteiger partial charge is 0.494 e. The minimum atomic E-state index is -3.64. The summed E-state index contributed by atoms with van der Waals surface area (Å²) >= 11 is 0. The summed E-state index contributed by atoms with van der Waals surface area (Å²) in [4.78, 5) is 0.0111. The van der Waals surface area contributed by atoms with E-state index in [0.717, 1.165) is 12.1 Å². The number of alkyl halides is 2. The Morgan fingerprint density at radius 3 is 2.32 bits per heavy atom. The molecule has 0 spiro atoms. The van der Waals surface area contributed by atoms with Crippen molar-refractivity contribution in [3.63, 3.8) is 0 Å². The number of sulfonamides is 1. The molecule has 3 rings (SSSR count). The molecule has 0 radical (unpaired) electrons. The fourth-order valence-corrected chi connectivity index (χ4v) is 3.35. The zero-order valence-electron chi connectivity index (χ0n) is 14.9. The summed E-state index contributed by atoms with van der Waals surface area (Å²) in [6.45, 7) is 0. The normalized spacial score (nSPS) is 11.8. The molecule has 6 nitrogen and oxygen atoms in total. The smallest absolute Gasteiger partial charge is 0.282 e. The van der Waals surface area contributed by atoms with E-state index in [0.29, 0.717) is 11.3 Å². The molecule has 0 unspecified atom stereocenters. The molecule has 148 valence electrons. The summed E-state index contributed by atoms with van der Waals surface area (Å²) in [5, 5.41) is 3.89. The molecule has 0 atom stereocenters. The lowest BCUT2D eigenvalue weighted by molar-refractivity contribution is 0.145. The van der Waals surface area contributed by atoms with Crippen LogP contribution in [0.15, 0.2) is 53.4 Å². The van der Waals surface area contributed by atoms with Crippen LogP contribution in [0.2, 0.25) is 0 Å². The van der Waals surface area contributed by atoms with Crippen molar-refractivity contribution in [2.45, 2.75) is 11.3 Å². The fraction of sp³-hybridized carbons (Fsp3) is 0.167. The molecule has 0 fully saturated rings. The van der Waals surface area contributed by atoms with Crippen molar-refractivity contribution in [2.24, 2.45) is 0 Å². The molecule has 3 aromatic rings. The van der Waals surface area contributed by atoms with E-state index in [4.69, 9.17) is 4.74 Å². The van der Waals surface area contributed by atoms with Gasteiger partial charge in [0.05, 0.1) is 23.4 Å². The average molecular weight is 411 g/mol. The van der Waals surface area contributed by atoms with Gasteiger partial charge in [-0.05, 0) is 55.6 Å². The van der Waals surface area contributed by atoms with Gasteiger partial charge in [0, 0.05) is 5.56 Å². The van der Waals surface area contributed by atoms with Crippen molar-refractivity contribution >= 4 is 10.0 Å². The first-order valence-electron chi connectivity index (χ1n) is 8.03. The Balaban J connectivity index is 2.12. The van der Waals surface area contributed by atoms with Gasteiger partial charge in [0.15, 0.2) is 11.6 Å². The first-order valence-corrected chi connectivity index (χ1v) is 9.51. The highest BCUT2D eigenvalue weighted by atomic mass is 32.2. The van der Waals surface area contributed by atoms with Crippen LogP contribution in [0, 0.1) is 5.82 Å². The molecular weight excluding hydrogens is 395 g/mol. The second-order valence-electron chi connectivity index (χ2n) is 5.72. The van der Waals surface area contributed by atoms with Crippen LogP contribution >= 0.6 is 0 Å². The lowest BCUT2D eigenvalue weighted by Crippen LogP contribution is -2.18. The van der Waals surface area contributed by atoms with Crippen molar-refractivity contribution in [3.8, 4) is 22.7 Å². The Kier molecular flexibility index (Phi) is 5.43. The van der Waals surface area contributed by atoms with E-state index in [1.807, 2.05) is 0 Å². The van der Waals surface area contributed by atoms with Crippen LogP contribution < -0.4 is 9.46 Å². The van der Waals surface area contributed by atoms with Gasteiger partial charge >= 0.3 is 0 Å². The van der Waals surface area contributed by atoms with Crippen LogP contribution in [0.25, 0.3) is 16.9 Å². The number of nitrogens with zero attached hydrogens (tertiary/aromatic N) is 2. The van der Waals surface area contributed by atoms with Crippen LogP contribution in [0.4, 0.5) is 13.2 Å². The predicted molar refractivity (Wildman–Crippen MR) is 96.7 cm³/mol. The van der Waals surface area contributed by atoms with Crippen LogP contribution in [0.1, 0.15) is 12.1 Å². The van der Waals surface area contributed by atoms with Gasteiger partial charge in [-0.15, -0.1) is 0 Å². The molecule has 0 amide bonds. The maximum atomic E-state index is 14.1. The molecule has 1 aromatic heterocycles. The number of nitrogens with one attached hydrogen (secondary N) is 1. The predicted octanol–water partition coefficient (Wildman–Crippen LogP) is 3.53. The molecule has 1 heterocycles. The van der Waals surface area contributed by atoms with Crippen molar-refractivity contribution in [2.75, 3.05) is 14.2 Å². The lowest BCUT2D eigenvalue weighted by Gasteiger charge is -2.10. The van der Waals surface area contributed by atoms with E-state index < -0.39 is 28.0 Å². The Morgan fingerprint density at radius 2 is 1.79 bits per heavy atom. The molecule has 0 saturated carbocycles. The van der Waals surface area contributed by atoms with Gasteiger partial charge in [0.1, 0.15) is 5.69 Å². The van der Waals surface area contributed by atoms with Crippen molar-refractivity contribution in [1.82, 2.24) is 14.5 Å². The zero-order valence-corrected chi connectivity index (χ0v) is 15.7. The maximum absolute atomic E-state index is 14.1. The third-order valence-corrected chi connectivity index (χ3v) is 5.49. The van der Waals surface area contributed by atoms with Gasteiger partial charge < -0.3 is 4.74 Å². The van der Waals surface area contributed by atoms with E-state index in [1.165, 1.54) is 55.2 Å². The minimum absolute atomic E-state index is 0.0111. The lowest BCUT2D eigenvalue weighted by atomic mass is 10.1. The van der Waals surface area contributed by atoms with Gasteiger partial charge in [-0.2, -0.15) is 5.10 Å². The molecule has 1 N–H and O–H groups in total. The molecule has 0 aliphatic carbocycles. The third kappa shape index (κ3) is 3.73. The van der Waals surface area contributed by atoms with Crippen LogP contribution in [0.5, 0.6) is 5.75 Å². The highest BCUT2D eigenvalue weighted by Gasteiger charge is 2.19. The first-order chi connectivity index (χ1) is 13.3. The Bertz CT molecular complexity index is 1100. The molecule has 2 aromatic carbocycles.